The summed E-state index contributed by atoms with van der Waals surface area (Å²) in [4.78, 5) is 13.8. The molecule has 7 heteroatoms. The monoisotopic (exact) mass is 320 g/mol. The van der Waals surface area contributed by atoms with Crippen molar-refractivity contribution in [3.8, 4) is 0 Å². The second-order valence-corrected chi connectivity index (χ2v) is 6.50. The molecule has 0 saturated heterocycles. The minimum Gasteiger partial charge on any atom is -0.444 e. The highest BCUT2D eigenvalue weighted by atomic mass is 32.1. The molecule has 6 nitrogen and oxygen atoms in total. The molecule has 0 fully saturated rings. The summed E-state index contributed by atoms with van der Waals surface area (Å²) < 4.78 is 5.41. The van der Waals surface area contributed by atoms with Crippen molar-refractivity contribution in [2.75, 3.05) is 0 Å². The lowest BCUT2D eigenvalue weighted by molar-refractivity contribution is 0.0242. The summed E-state index contributed by atoms with van der Waals surface area (Å²) in [5, 5.41) is 4.08. The van der Waals surface area contributed by atoms with Gasteiger partial charge in [0.05, 0.1) is 12.8 Å². The molecule has 1 heterocycles. The molecule has 3 N–H and O–H groups in total. The number of thiocarbonyl (C=S) groups is 1. The van der Waals surface area contributed by atoms with Crippen LogP contribution in [0.3, 0.4) is 0 Å². The van der Waals surface area contributed by atoms with E-state index in [0.717, 1.165) is 16.7 Å². The van der Waals surface area contributed by atoms with Gasteiger partial charge in [0.1, 0.15) is 5.60 Å². The largest absolute Gasteiger partial charge is 0.444 e. The number of ether oxygens (including phenoxy) is 1. The van der Waals surface area contributed by atoms with E-state index in [1.165, 1.54) is 0 Å². The number of hydrazone groups is 1. The van der Waals surface area contributed by atoms with E-state index < -0.39 is 5.60 Å². The average molecular weight is 320 g/mol. The lowest BCUT2D eigenvalue weighted by atomic mass is 10.0. The molecule has 0 bridgehead atoms. The summed E-state index contributed by atoms with van der Waals surface area (Å²) in [6.45, 7) is 6.60. The van der Waals surface area contributed by atoms with Crippen LogP contribution in [0.5, 0.6) is 0 Å². The van der Waals surface area contributed by atoms with Gasteiger partial charge in [0.15, 0.2) is 5.11 Å². The Morgan fingerprint density at radius 1 is 1.45 bits per heavy atom. The SMILES string of the molecule is CC(C)(C)OC(=O)N1Cc2cccc(C=NNC(N)=S)c2C1. The van der Waals surface area contributed by atoms with Gasteiger partial charge in [-0.25, -0.2) is 4.79 Å². The van der Waals surface area contributed by atoms with Crippen LogP contribution >= 0.6 is 12.2 Å². The number of nitrogens with one attached hydrogen (secondary N) is 1. The Balaban J connectivity index is 2.12. The first kappa shape index (κ1) is 16.2. The first-order valence-corrected chi connectivity index (χ1v) is 7.34. The molecule has 0 aromatic heterocycles. The standard InChI is InChI=1S/C15H20N4O2S/c1-15(2,3)21-14(20)19-8-11-6-4-5-10(12(11)9-19)7-17-18-13(16)22/h4-7H,8-9H2,1-3H3,(H3,16,18,22). The van der Waals surface area contributed by atoms with Crippen LogP contribution in [0.2, 0.25) is 0 Å². The van der Waals surface area contributed by atoms with E-state index in [1.807, 2.05) is 39.0 Å². The Morgan fingerprint density at radius 3 is 2.82 bits per heavy atom. The van der Waals surface area contributed by atoms with E-state index in [1.54, 1.807) is 11.1 Å². The van der Waals surface area contributed by atoms with Gasteiger partial charge in [-0.05, 0) is 49.7 Å². The molecular formula is C15H20N4O2S. The molecule has 1 aliphatic rings. The van der Waals surface area contributed by atoms with Gasteiger partial charge in [-0.15, -0.1) is 0 Å². The van der Waals surface area contributed by atoms with Gasteiger partial charge in [-0.3, -0.25) is 10.3 Å². The number of nitrogens with two attached hydrogens (primary N) is 1. The first-order valence-electron chi connectivity index (χ1n) is 6.93. The summed E-state index contributed by atoms with van der Waals surface area (Å²) in [6.07, 6.45) is 1.34. The van der Waals surface area contributed by atoms with E-state index in [4.69, 9.17) is 22.7 Å². The molecule has 1 aromatic carbocycles. The zero-order chi connectivity index (χ0) is 16.3. The smallest absolute Gasteiger partial charge is 0.410 e. The van der Waals surface area contributed by atoms with Crippen LogP contribution in [0, 0.1) is 0 Å². The Morgan fingerprint density at radius 2 is 2.18 bits per heavy atom. The number of nitrogens with zero attached hydrogens (tertiary/aromatic N) is 2. The van der Waals surface area contributed by atoms with Crippen molar-refractivity contribution in [2.24, 2.45) is 10.8 Å². The van der Waals surface area contributed by atoms with E-state index in [9.17, 15) is 4.79 Å². The van der Waals surface area contributed by atoms with Gasteiger partial charge in [-0.2, -0.15) is 5.10 Å². The summed E-state index contributed by atoms with van der Waals surface area (Å²) in [5.41, 5.74) is 10.4. The van der Waals surface area contributed by atoms with Gasteiger partial charge < -0.3 is 10.5 Å². The Kier molecular flexibility index (Phi) is 4.65. The average Bonchev–Trinajstić information content (AvgIpc) is 2.81. The van der Waals surface area contributed by atoms with Gasteiger partial charge in [0.2, 0.25) is 0 Å². The minimum atomic E-state index is -0.503. The van der Waals surface area contributed by atoms with Crippen LogP contribution in [0.15, 0.2) is 23.3 Å². The molecule has 0 aliphatic carbocycles. The summed E-state index contributed by atoms with van der Waals surface area (Å²) in [5.74, 6) is 0. The Hall–Kier alpha value is -2.15. The van der Waals surface area contributed by atoms with E-state index >= 15 is 0 Å². The number of carbonyl (C=O) groups excluding carboxylic acids is 1. The van der Waals surface area contributed by atoms with Crippen LogP contribution in [-0.4, -0.2) is 27.9 Å². The Labute approximate surface area is 135 Å². The Bertz CT molecular complexity index is 622. The second kappa shape index (κ2) is 6.31. The van der Waals surface area contributed by atoms with Crippen LogP contribution in [-0.2, 0) is 17.8 Å². The molecule has 1 amide bonds. The van der Waals surface area contributed by atoms with Gasteiger partial charge in [0, 0.05) is 6.54 Å². The zero-order valence-corrected chi connectivity index (χ0v) is 13.7. The van der Waals surface area contributed by atoms with E-state index in [2.05, 4.69) is 10.5 Å². The molecule has 0 atom stereocenters. The molecule has 0 unspecified atom stereocenters. The van der Waals surface area contributed by atoms with Crippen LogP contribution < -0.4 is 11.2 Å². The van der Waals surface area contributed by atoms with E-state index in [0.29, 0.717) is 13.1 Å². The van der Waals surface area contributed by atoms with E-state index in [-0.39, 0.29) is 11.2 Å². The lowest BCUT2D eigenvalue weighted by Crippen LogP contribution is -2.33. The highest BCUT2D eigenvalue weighted by Gasteiger charge is 2.28. The molecule has 1 aromatic rings. The molecule has 22 heavy (non-hydrogen) atoms. The van der Waals surface area contributed by atoms with Crippen molar-refractivity contribution >= 4 is 29.6 Å². The first-order chi connectivity index (χ1) is 10.3. The predicted molar refractivity (Wildman–Crippen MR) is 89.4 cm³/mol. The molecular weight excluding hydrogens is 300 g/mol. The predicted octanol–water partition coefficient (Wildman–Crippen LogP) is 2.10. The molecule has 1 aliphatic heterocycles. The van der Waals surface area contributed by atoms with Gasteiger partial charge >= 0.3 is 6.09 Å². The maximum atomic E-state index is 12.2. The van der Waals surface area contributed by atoms with Crippen molar-refractivity contribution in [2.45, 2.75) is 39.5 Å². The number of benzene rings is 1. The van der Waals surface area contributed by atoms with Crippen LogP contribution in [0.4, 0.5) is 4.79 Å². The second-order valence-electron chi connectivity index (χ2n) is 6.06. The maximum absolute atomic E-state index is 12.2. The molecule has 0 saturated carbocycles. The van der Waals surface area contributed by atoms with Crippen molar-refractivity contribution in [1.29, 1.82) is 0 Å². The molecule has 118 valence electrons. The minimum absolute atomic E-state index is 0.110. The topological polar surface area (TPSA) is 80.0 Å². The highest BCUT2D eigenvalue weighted by molar-refractivity contribution is 7.80. The molecule has 0 spiro atoms. The fraction of sp³-hybridized carbons (Fsp3) is 0.400. The van der Waals surface area contributed by atoms with Gasteiger partial charge in [0.25, 0.3) is 0 Å². The number of hydrogen-bond acceptors (Lipinski definition) is 4. The normalized spacial score (nSPS) is 14.0. The summed E-state index contributed by atoms with van der Waals surface area (Å²) in [6, 6.07) is 5.86. The number of amides is 1. The zero-order valence-electron chi connectivity index (χ0n) is 12.9. The van der Waals surface area contributed by atoms with Crippen molar-refractivity contribution < 1.29 is 9.53 Å². The highest BCUT2D eigenvalue weighted by Crippen LogP contribution is 2.26. The van der Waals surface area contributed by atoms with Crippen molar-refractivity contribution in [3.63, 3.8) is 0 Å². The third-order valence-corrected chi connectivity index (χ3v) is 3.14. The number of hydrogen-bond donors (Lipinski definition) is 2. The fourth-order valence-corrected chi connectivity index (χ4v) is 2.24. The molecule has 2 rings (SSSR count). The number of carbonyl (C=O) groups is 1. The van der Waals surface area contributed by atoms with Crippen LogP contribution in [0.25, 0.3) is 0 Å². The van der Waals surface area contributed by atoms with Crippen LogP contribution in [0.1, 0.15) is 37.5 Å². The fourth-order valence-electron chi connectivity index (χ4n) is 2.19. The third kappa shape index (κ3) is 4.17. The summed E-state index contributed by atoms with van der Waals surface area (Å²) in [7, 11) is 0. The number of fused-ring (bicyclic) bond motifs is 1. The third-order valence-electron chi connectivity index (χ3n) is 3.05. The summed E-state index contributed by atoms with van der Waals surface area (Å²) >= 11 is 4.70. The van der Waals surface area contributed by atoms with Gasteiger partial charge in [-0.1, -0.05) is 18.2 Å². The van der Waals surface area contributed by atoms with Crippen molar-refractivity contribution in [3.05, 3.63) is 34.9 Å². The van der Waals surface area contributed by atoms with Crippen molar-refractivity contribution in [1.82, 2.24) is 10.3 Å². The quantitative estimate of drug-likeness (QED) is 0.495. The lowest BCUT2D eigenvalue weighted by Gasteiger charge is -2.24. The molecule has 0 radical (unpaired) electrons. The number of rotatable bonds is 2. The maximum Gasteiger partial charge on any atom is 0.410 e.